The molecule has 0 aromatic rings. The van der Waals surface area contributed by atoms with Crippen molar-refractivity contribution in [2.75, 3.05) is 20.8 Å². The predicted molar refractivity (Wildman–Crippen MR) is 74.2 cm³/mol. The van der Waals surface area contributed by atoms with Crippen LogP contribution in [0.15, 0.2) is 0 Å². The molecule has 5 atom stereocenters. The lowest BCUT2D eigenvalue weighted by Gasteiger charge is -2.43. The van der Waals surface area contributed by atoms with Gasteiger partial charge in [-0.05, 0) is 0 Å². The van der Waals surface area contributed by atoms with Gasteiger partial charge in [0.1, 0.15) is 18.8 Å². The van der Waals surface area contributed by atoms with E-state index >= 15 is 0 Å². The molecular formula is C14H22O9. The minimum atomic E-state index is -0.962. The third-order valence-electron chi connectivity index (χ3n) is 3.15. The summed E-state index contributed by atoms with van der Waals surface area (Å²) in [6, 6.07) is 0. The molecule has 9 heteroatoms. The highest BCUT2D eigenvalue weighted by molar-refractivity contribution is 5.67. The molecule has 1 aliphatic heterocycles. The van der Waals surface area contributed by atoms with E-state index in [1.807, 2.05) is 0 Å². The maximum absolute atomic E-state index is 11.4. The van der Waals surface area contributed by atoms with E-state index in [9.17, 15) is 14.4 Å². The third-order valence-corrected chi connectivity index (χ3v) is 3.15. The average Bonchev–Trinajstić information content (AvgIpc) is 2.45. The van der Waals surface area contributed by atoms with Gasteiger partial charge in [-0.1, -0.05) is 0 Å². The molecule has 1 rings (SSSR count). The van der Waals surface area contributed by atoms with Crippen LogP contribution in [0.1, 0.15) is 20.8 Å². The predicted octanol–water partition coefficient (Wildman–Crippen LogP) is -0.201. The quantitative estimate of drug-likeness (QED) is 0.482. The lowest BCUT2D eigenvalue weighted by Crippen LogP contribution is -2.62. The van der Waals surface area contributed by atoms with E-state index in [0.29, 0.717) is 0 Å². The Labute approximate surface area is 134 Å². The molecule has 0 bridgehead atoms. The van der Waals surface area contributed by atoms with Gasteiger partial charge >= 0.3 is 17.9 Å². The molecular weight excluding hydrogens is 312 g/mol. The maximum Gasteiger partial charge on any atom is 0.303 e. The molecule has 0 aliphatic carbocycles. The van der Waals surface area contributed by atoms with Gasteiger partial charge in [0.15, 0.2) is 18.5 Å². The second-order valence-electron chi connectivity index (χ2n) is 4.93. The number of ether oxygens (including phenoxy) is 6. The second kappa shape index (κ2) is 8.80. The Balaban J connectivity index is 3.04. The Hall–Kier alpha value is -1.71. The molecule has 1 saturated heterocycles. The number of rotatable bonds is 6. The Kier molecular flexibility index (Phi) is 7.40. The highest BCUT2D eigenvalue weighted by Crippen LogP contribution is 2.28. The molecule has 0 aromatic carbocycles. The summed E-state index contributed by atoms with van der Waals surface area (Å²) in [4.78, 5) is 33.7. The summed E-state index contributed by atoms with van der Waals surface area (Å²) < 4.78 is 31.4. The number of esters is 3. The number of hydrogen-bond acceptors (Lipinski definition) is 9. The monoisotopic (exact) mass is 334 g/mol. The number of carbonyl (C=O) groups excluding carboxylic acids is 3. The van der Waals surface area contributed by atoms with E-state index in [1.165, 1.54) is 35.0 Å². The molecule has 0 unspecified atom stereocenters. The zero-order chi connectivity index (χ0) is 17.6. The minimum Gasteiger partial charge on any atom is -0.463 e. The first-order valence-corrected chi connectivity index (χ1v) is 6.99. The fourth-order valence-electron chi connectivity index (χ4n) is 2.32. The molecule has 23 heavy (non-hydrogen) atoms. The van der Waals surface area contributed by atoms with Crippen molar-refractivity contribution < 1.29 is 42.8 Å². The van der Waals surface area contributed by atoms with Crippen molar-refractivity contribution in [2.24, 2.45) is 0 Å². The fourth-order valence-corrected chi connectivity index (χ4v) is 2.32. The van der Waals surface area contributed by atoms with Crippen molar-refractivity contribution in [3.05, 3.63) is 0 Å². The summed E-state index contributed by atoms with van der Waals surface area (Å²) in [5.74, 6) is -1.66. The van der Waals surface area contributed by atoms with Crippen LogP contribution in [-0.2, 0) is 42.8 Å². The van der Waals surface area contributed by atoms with Crippen LogP contribution in [0, 0.1) is 0 Å². The van der Waals surface area contributed by atoms with E-state index in [2.05, 4.69) is 0 Å². The Morgan fingerprint density at radius 3 is 1.83 bits per heavy atom. The minimum absolute atomic E-state index is 0.167. The maximum atomic E-state index is 11.4. The van der Waals surface area contributed by atoms with Crippen molar-refractivity contribution in [3.8, 4) is 0 Å². The molecule has 132 valence electrons. The zero-order valence-corrected chi connectivity index (χ0v) is 13.8. The van der Waals surface area contributed by atoms with Gasteiger partial charge in [0.05, 0.1) is 0 Å². The van der Waals surface area contributed by atoms with Crippen molar-refractivity contribution in [2.45, 2.75) is 51.5 Å². The van der Waals surface area contributed by atoms with Crippen LogP contribution in [-0.4, -0.2) is 69.4 Å². The highest BCUT2D eigenvalue weighted by Gasteiger charge is 2.50. The lowest BCUT2D eigenvalue weighted by atomic mass is 9.98. The zero-order valence-electron chi connectivity index (χ0n) is 13.8. The van der Waals surface area contributed by atoms with Crippen molar-refractivity contribution in [1.29, 1.82) is 0 Å². The first-order chi connectivity index (χ1) is 10.8. The lowest BCUT2D eigenvalue weighted by molar-refractivity contribution is -0.303. The molecule has 0 aromatic heterocycles. The Bertz CT molecular complexity index is 436. The molecule has 0 spiro atoms. The second-order valence-corrected chi connectivity index (χ2v) is 4.93. The third kappa shape index (κ3) is 5.45. The van der Waals surface area contributed by atoms with Gasteiger partial charge < -0.3 is 28.4 Å². The summed E-state index contributed by atoms with van der Waals surface area (Å²) >= 11 is 0. The number of carbonyl (C=O) groups is 3. The smallest absolute Gasteiger partial charge is 0.303 e. The standard InChI is InChI=1S/C14H22O9/c1-7(15)20-6-10-11(21-8(2)16)12(18-4)13(22-9(3)17)14(19-5)23-10/h10-14H,6H2,1-5H3/t10-,11+,12-,13+,14-/m1/s1. The molecule has 0 N–H and O–H groups in total. The van der Waals surface area contributed by atoms with E-state index < -0.39 is 48.6 Å². The van der Waals surface area contributed by atoms with E-state index in [0.717, 1.165) is 0 Å². The van der Waals surface area contributed by atoms with Crippen LogP contribution in [0.3, 0.4) is 0 Å². The summed E-state index contributed by atoms with van der Waals surface area (Å²) in [7, 11) is 2.74. The van der Waals surface area contributed by atoms with Crippen molar-refractivity contribution >= 4 is 17.9 Å². The largest absolute Gasteiger partial charge is 0.463 e. The SMILES string of the molecule is CO[C@@H]1O[C@H](COC(C)=O)[C@H](OC(C)=O)[C@@H](OC)[C@@H]1OC(C)=O. The number of methoxy groups -OCH3 is 2. The summed E-state index contributed by atoms with van der Waals surface area (Å²) in [6.07, 6.45) is -4.52. The molecule has 9 nitrogen and oxygen atoms in total. The van der Waals surface area contributed by atoms with Crippen molar-refractivity contribution in [3.63, 3.8) is 0 Å². The molecule has 0 radical (unpaired) electrons. The first-order valence-electron chi connectivity index (χ1n) is 6.99. The van der Waals surface area contributed by atoms with Crippen molar-refractivity contribution in [1.82, 2.24) is 0 Å². The highest BCUT2D eigenvalue weighted by atomic mass is 16.7. The fraction of sp³-hybridized carbons (Fsp3) is 0.786. The van der Waals surface area contributed by atoms with Gasteiger partial charge in [-0.25, -0.2) is 0 Å². The normalized spacial score (nSPS) is 30.4. The summed E-state index contributed by atoms with van der Waals surface area (Å²) in [5, 5.41) is 0. The van der Waals surface area contributed by atoms with Crippen LogP contribution < -0.4 is 0 Å². The first kappa shape index (κ1) is 19.3. The van der Waals surface area contributed by atoms with Gasteiger partial charge in [-0.3, -0.25) is 14.4 Å². The molecule has 1 heterocycles. The van der Waals surface area contributed by atoms with Crippen LogP contribution in [0.2, 0.25) is 0 Å². The van der Waals surface area contributed by atoms with E-state index in [-0.39, 0.29) is 6.61 Å². The molecule has 1 fully saturated rings. The Morgan fingerprint density at radius 1 is 0.826 bits per heavy atom. The van der Waals surface area contributed by atoms with Crippen LogP contribution >= 0.6 is 0 Å². The Morgan fingerprint density at radius 2 is 1.39 bits per heavy atom. The van der Waals surface area contributed by atoms with Gasteiger partial charge in [0.2, 0.25) is 0 Å². The van der Waals surface area contributed by atoms with Gasteiger partial charge in [-0.15, -0.1) is 0 Å². The average molecular weight is 334 g/mol. The van der Waals surface area contributed by atoms with E-state index in [4.69, 9.17) is 28.4 Å². The topological polar surface area (TPSA) is 107 Å². The van der Waals surface area contributed by atoms with Gasteiger partial charge in [-0.2, -0.15) is 0 Å². The van der Waals surface area contributed by atoms with Crippen LogP contribution in [0.4, 0.5) is 0 Å². The van der Waals surface area contributed by atoms with Gasteiger partial charge in [0.25, 0.3) is 0 Å². The molecule has 0 amide bonds. The summed E-state index contributed by atoms with van der Waals surface area (Å²) in [6.45, 7) is 3.52. The summed E-state index contributed by atoms with van der Waals surface area (Å²) in [5.41, 5.74) is 0. The molecule has 1 aliphatic rings. The van der Waals surface area contributed by atoms with Crippen LogP contribution in [0.5, 0.6) is 0 Å². The van der Waals surface area contributed by atoms with Gasteiger partial charge in [0, 0.05) is 35.0 Å². The van der Waals surface area contributed by atoms with E-state index in [1.54, 1.807) is 0 Å². The molecule has 0 saturated carbocycles. The number of hydrogen-bond donors (Lipinski definition) is 0. The van der Waals surface area contributed by atoms with Crippen LogP contribution in [0.25, 0.3) is 0 Å².